The molecule has 1 aromatic rings. The van der Waals surface area contributed by atoms with Crippen LogP contribution in [0.5, 0.6) is 0 Å². The van der Waals surface area contributed by atoms with Gasteiger partial charge in [-0.2, -0.15) is 0 Å². The number of hydrogen-bond acceptors (Lipinski definition) is 3. The SMILES string of the molecule is OCCOCCn1ccc(C(O)C2CC2)c1. The Kier molecular flexibility index (Phi) is 3.98. The van der Waals surface area contributed by atoms with Crippen LogP contribution in [-0.4, -0.2) is 34.6 Å². The molecule has 0 aliphatic heterocycles. The first kappa shape index (κ1) is 11.6. The predicted molar refractivity (Wildman–Crippen MR) is 60.0 cm³/mol. The summed E-state index contributed by atoms with van der Waals surface area (Å²) in [6, 6.07) is 1.97. The molecule has 1 fully saturated rings. The largest absolute Gasteiger partial charge is 0.394 e. The van der Waals surface area contributed by atoms with Gasteiger partial charge in [0.05, 0.1) is 25.9 Å². The lowest BCUT2D eigenvalue weighted by molar-refractivity contribution is 0.0869. The highest BCUT2D eigenvalue weighted by atomic mass is 16.5. The van der Waals surface area contributed by atoms with Crippen LogP contribution >= 0.6 is 0 Å². The van der Waals surface area contributed by atoms with Gasteiger partial charge in [0.2, 0.25) is 0 Å². The van der Waals surface area contributed by atoms with Crippen molar-refractivity contribution in [2.24, 2.45) is 5.92 Å². The van der Waals surface area contributed by atoms with E-state index < -0.39 is 0 Å². The number of ether oxygens (including phenoxy) is 1. The highest BCUT2D eigenvalue weighted by molar-refractivity contribution is 5.16. The Morgan fingerprint density at radius 3 is 2.94 bits per heavy atom. The summed E-state index contributed by atoms with van der Waals surface area (Å²) in [6.45, 7) is 1.81. The second-order valence-electron chi connectivity index (χ2n) is 4.30. The monoisotopic (exact) mass is 225 g/mol. The summed E-state index contributed by atoms with van der Waals surface area (Å²) in [6.07, 6.45) is 5.94. The second kappa shape index (κ2) is 5.48. The molecule has 4 heteroatoms. The van der Waals surface area contributed by atoms with Crippen molar-refractivity contribution in [2.45, 2.75) is 25.5 Å². The molecule has 0 saturated heterocycles. The van der Waals surface area contributed by atoms with Gasteiger partial charge in [-0.3, -0.25) is 0 Å². The Morgan fingerprint density at radius 1 is 1.44 bits per heavy atom. The molecule has 4 nitrogen and oxygen atoms in total. The van der Waals surface area contributed by atoms with Gasteiger partial charge in [-0.1, -0.05) is 0 Å². The molecule has 0 spiro atoms. The van der Waals surface area contributed by atoms with E-state index in [0.717, 1.165) is 24.9 Å². The van der Waals surface area contributed by atoms with Gasteiger partial charge in [0.25, 0.3) is 0 Å². The molecular formula is C12H19NO3. The molecule has 1 saturated carbocycles. The van der Waals surface area contributed by atoms with E-state index in [2.05, 4.69) is 0 Å². The molecule has 1 heterocycles. The van der Waals surface area contributed by atoms with E-state index in [1.165, 1.54) is 0 Å². The zero-order valence-electron chi connectivity index (χ0n) is 9.38. The first-order chi connectivity index (χ1) is 7.81. The Balaban J connectivity index is 1.77. The molecule has 1 aliphatic carbocycles. The van der Waals surface area contributed by atoms with E-state index in [1.807, 2.05) is 23.0 Å². The quantitative estimate of drug-likeness (QED) is 0.679. The minimum atomic E-state index is -0.292. The summed E-state index contributed by atoms with van der Waals surface area (Å²) in [4.78, 5) is 0. The van der Waals surface area contributed by atoms with Crippen molar-refractivity contribution in [3.63, 3.8) is 0 Å². The summed E-state index contributed by atoms with van der Waals surface area (Å²) >= 11 is 0. The third-order valence-electron chi connectivity index (χ3n) is 2.91. The topological polar surface area (TPSA) is 54.6 Å². The van der Waals surface area contributed by atoms with Gasteiger partial charge in [0.15, 0.2) is 0 Å². The number of aromatic nitrogens is 1. The van der Waals surface area contributed by atoms with E-state index in [0.29, 0.717) is 19.1 Å². The Bertz CT molecular complexity index is 320. The molecule has 0 aromatic carbocycles. The van der Waals surface area contributed by atoms with Crippen LogP contribution in [0.4, 0.5) is 0 Å². The van der Waals surface area contributed by atoms with E-state index in [-0.39, 0.29) is 12.7 Å². The lowest BCUT2D eigenvalue weighted by Crippen LogP contribution is -2.07. The molecule has 16 heavy (non-hydrogen) atoms. The van der Waals surface area contributed by atoms with Crippen molar-refractivity contribution in [1.29, 1.82) is 0 Å². The number of hydrogen-bond donors (Lipinski definition) is 2. The van der Waals surface area contributed by atoms with Crippen LogP contribution in [0.1, 0.15) is 24.5 Å². The van der Waals surface area contributed by atoms with Crippen molar-refractivity contribution in [2.75, 3.05) is 19.8 Å². The second-order valence-corrected chi connectivity index (χ2v) is 4.30. The van der Waals surface area contributed by atoms with Crippen LogP contribution in [0.25, 0.3) is 0 Å². The summed E-state index contributed by atoms with van der Waals surface area (Å²) in [5.74, 6) is 0.474. The average Bonchev–Trinajstić information content (AvgIpc) is 3.03. The van der Waals surface area contributed by atoms with Gasteiger partial charge in [-0.15, -0.1) is 0 Å². The average molecular weight is 225 g/mol. The third-order valence-corrected chi connectivity index (χ3v) is 2.91. The van der Waals surface area contributed by atoms with Crippen LogP contribution in [-0.2, 0) is 11.3 Å². The number of rotatable bonds is 7. The van der Waals surface area contributed by atoms with Crippen LogP contribution in [0.15, 0.2) is 18.5 Å². The predicted octanol–water partition coefficient (Wildman–Crippen LogP) is 0.940. The molecule has 90 valence electrons. The highest BCUT2D eigenvalue weighted by Gasteiger charge is 2.31. The first-order valence-electron chi connectivity index (χ1n) is 5.83. The highest BCUT2D eigenvalue weighted by Crippen LogP contribution is 2.40. The molecule has 1 atom stereocenters. The van der Waals surface area contributed by atoms with Gasteiger partial charge in [-0.05, 0) is 30.4 Å². The lowest BCUT2D eigenvalue weighted by Gasteiger charge is -2.06. The molecule has 0 amide bonds. The van der Waals surface area contributed by atoms with Gasteiger partial charge in [0.1, 0.15) is 0 Å². The third kappa shape index (κ3) is 3.07. The zero-order chi connectivity index (χ0) is 11.4. The summed E-state index contributed by atoms with van der Waals surface area (Å²) < 4.78 is 7.20. The molecule has 2 N–H and O–H groups in total. The van der Waals surface area contributed by atoms with Crippen LogP contribution in [0.3, 0.4) is 0 Å². The van der Waals surface area contributed by atoms with Crippen molar-refractivity contribution in [3.8, 4) is 0 Å². The van der Waals surface area contributed by atoms with Crippen molar-refractivity contribution >= 4 is 0 Å². The maximum absolute atomic E-state index is 9.91. The molecule has 2 rings (SSSR count). The first-order valence-corrected chi connectivity index (χ1v) is 5.83. The molecule has 0 bridgehead atoms. The van der Waals surface area contributed by atoms with Crippen molar-refractivity contribution < 1.29 is 14.9 Å². The Morgan fingerprint density at radius 2 is 2.25 bits per heavy atom. The van der Waals surface area contributed by atoms with Crippen LogP contribution < -0.4 is 0 Å². The Hall–Kier alpha value is -0.840. The van der Waals surface area contributed by atoms with Crippen LogP contribution in [0, 0.1) is 5.92 Å². The maximum atomic E-state index is 9.91. The number of aliphatic hydroxyl groups excluding tert-OH is 2. The minimum absolute atomic E-state index is 0.0668. The van der Waals surface area contributed by atoms with Gasteiger partial charge < -0.3 is 19.5 Å². The van der Waals surface area contributed by atoms with E-state index >= 15 is 0 Å². The standard InChI is InChI=1S/C12H19NO3/c14-6-8-16-7-5-13-4-3-11(9-13)12(15)10-1-2-10/h3-4,9-10,12,14-15H,1-2,5-8H2. The smallest absolute Gasteiger partial charge is 0.0832 e. The normalized spacial score (nSPS) is 17.6. The molecular weight excluding hydrogens is 206 g/mol. The van der Waals surface area contributed by atoms with E-state index in [4.69, 9.17) is 9.84 Å². The fourth-order valence-electron chi connectivity index (χ4n) is 1.79. The molecule has 1 aromatic heterocycles. The Labute approximate surface area is 95.5 Å². The van der Waals surface area contributed by atoms with Gasteiger partial charge in [0, 0.05) is 18.9 Å². The van der Waals surface area contributed by atoms with Crippen LogP contribution in [0.2, 0.25) is 0 Å². The molecule has 1 unspecified atom stereocenters. The minimum Gasteiger partial charge on any atom is -0.394 e. The maximum Gasteiger partial charge on any atom is 0.0832 e. The number of aliphatic hydroxyl groups is 2. The van der Waals surface area contributed by atoms with Gasteiger partial charge in [-0.25, -0.2) is 0 Å². The van der Waals surface area contributed by atoms with E-state index in [9.17, 15) is 5.11 Å². The fourth-order valence-corrected chi connectivity index (χ4v) is 1.79. The summed E-state index contributed by atoms with van der Waals surface area (Å²) in [5, 5.41) is 18.4. The van der Waals surface area contributed by atoms with Gasteiger partial charge >= 0.3 is 0 Å². The summed E-state index contributed by atoms with van der Waals surface area (Å²) in [7, 11) is 0. The van der Waals surface area contributed by atoms with E-state index in [1.54, 1.807) is 0 Å². The fraction of sp³-hybridized carbons (Fsp3) is 0.667. The van der Waals surface area contributed by atoms with Crippen molar-refractivity contribution in [1.82, 2.24) is 4.57 Å². The zero-order valence-corrected chi connectivity index (χ0v) is 9.38. The number of nitrogens with zero attached hydrogens (tertiary/aromatic N) is 1. The molecule has 1 aliphatic rings. The summed E-state index contributed by atoms with van der Waals surface area (Å²) in [5.41, 5.74) is 1.00. The molecule has 0 radical (unpaired) electrons. The lowest BCUT2D eigenvalue weighted by atomic mass is 10.1. The van der Waals surface area contributed by atoms with Crippen molar-refractivity contribution in [3.05, 3.63) is 24.0 Å².